The van der Waals surface area contributed by atoms with Gasteiger partial charge < -0.3 is 4.74 Å². The van der Waals surface area contributed by atoms with Crippen LogP contribution in [0.3, 0.4) is 0 Å². The summed E-state index contributed by atoms with van der Waals surface area (Å²) in [6, 6.07) is 20.2. The lowest BCUT2D eigenvalue weighted by Crippen LogP contribution is -2.24. The zero-order chi connectivity index (χ0) is 20.1. The van der Waals surface area contributed by atoms with E-state index in [-0.39, 0.29) is 17.9 Å². The highest BCUT2D eigenvalue weighted by atomic mass is 16.5. The van der Waals surface area contributed by atoms with Crippen LogP contribution in [0, 0.1) is 6.92 Å². The summed E-state index contributed by atoms with van der Waals surface area (Å²) in [4.78, 5) is 12.0. The van der Waals surface area contributed by atoms with Gasteiger partial charge in [-0.1, -0.05) is 69.3 Å². The molecule has 3 rings (SSSR count). The van der Waals surface area contributed by atoms with E-state index in [1.807, 2.05) is 55.5 Å². The first-order chi connectivity index (χ1) is 13.3. The van der Waals surface area contributed by atoms with Crippen molar-refractivity contribution in [1.82, 2.24) is 5.43 Å². The Kier molecular flexibility index (Phi) is 5.78. The van der Waals surface area contributed by atoms with Crippen LogP contribution in [0.2, 0.25) is 0 Å². The predicted octanol–water partition coefficient (Wildman–Crippen LogP) is 4.97. The smallest absolute Gasteiger partial charge is 0.277 e. The average molecular weight is 374 g/mol. The van der Waals surface area contributed by atoms with Crippen molar-refractivity contribution in [3.8, 4) is 5.75 Å². The van der Waals surface area contributed by atoms with Gasteiger partial charge in [0.2, 0.25) is 0 Å². The standard InChI is InChI=1S/C24H26N2O2/c1-17-13-21(24(2,3)4)11-12-22(17)28-16-23(27)26-25-15-18-9-10-19-7-5-6-8-20(19)14-18/h5-15H,16H2,1-4H3,(H,26,27)/b25-15-. The van der Waals surface area contributed by atoms with Gasteiger partial charge >= 0.3 is 0 Å². The second-order valence-electron chi connectivity index (χ2n) is 7.92. The minimum Gasteiger partial charge on any atom is -0.483 e. The first kappa shape index (κ1) is 19.6. The molecule has 28 heavy (non-hydrogen) atoms. The Balaban J connectivity index is 1.54. The van der Waals surface area contributed by atoms with Crippen LogP contribution < -0.4 is 10.2 Å². The summed E-state index contributed by atoms with van der Waals surface area (Å²) in [5.74, 6) is 0.415. The van der Waals surface area contributed by atoms with Crippen LogP contribution in [0.15, 0.2) is 65.8 Å². The molecule has 0 saturated carbocycles. The summed E-state index contributed by atoms with van der Waals surface area (Å²) in [7, 11) is 0. The Labute approximate surface area is 166 Å². The molecule has 3 aromatic carbocycles. The van der Waals surface area contributed by atoms with E-state index in [0.29, 0.717) is 5.75 Å². The number of rotatable bonds is 5. The van der Waals surface area contributed by atoms with Gasteiger partial charge in [-0.3, -0.25) is 4.79 Å². The molecule has 0 aliphatic heterocycles. The van der Waals surface area contributed by atoms with Crippen molar-refractivity contribution in [1.29, 1.82) is 0 Å². The van der Waals surface area contributed by atoms with E-state index in [9.17, 15) is 4.79 Å². The van der Waals surface area contributed by atoms with Gasteiger partial charge in [0.25, 0.3) is 5.91 Å². The van der Waals surface area contributed by atoms with Crippen LogP contribution in [-0.4, -0.2) is 18.7 Å². The van der Waals surface area contributed by atoms with Crippen LogP contribution in [0.1, 0.15) is 37.5 Å². The highest BCUT2D eigenvalue weighted by Crippen LogP contribution is 2.27. The number of ether oxygens (including phenoxy) is 1. The van der Waals surface area contributed by atoms with Gasteiger partial charge in [0.05, 0.1) is 6.21 Å². The number of nitrogens with one attached hydrogen (secondary N) is 1. The minimum atomic E-state index is -0.295. The molecule has 0 atom stereocenters. The number of fused-ring (bicyclic) bond motifs is 1. The second kappa shape index (κ2) is 8.26. The molecule has 0 bridgehead atoms. The van der Waals surface area contributed by atoms with Crippen molar-refractivity contribution < 1.29 is 9.53 Å². The molecule has 0 saturated heterocycles. The number of aryl methyl sites for hydroxylation is 1. The monoisotopic (exact) mass is 374 g/mol. The molecule has 0 aliphatic carbocycles. The molecular formula is C24H26N2O2. The third-order valence-electron chi connectivity index (χ3n) is 4.58. The molecule has 0 aromatic heterocycles. The molecule has 0 radical (unpaired) electrons. The van der Waals surface area contributed by atoms with Crippen molar-refractivity contribution in [2.24, 2.45) is 5.10 Å². The normalized spacial score (nSPS) is 11.7. The molecule has 4 nitrogen and oxygen atoms in total. The average Bonchev–Trinajstić information content (AvgIpc) is 2.66. The Morgan fingerprint density at radius 2 is 1.79 bits per heavy atom. The first-order valence-electron chi connectivity index (χ1n) is 9.37. The van der Waals surface area contributed by atoms with Gasteiger partial charge in [-0.2, -0.15) is 5.10 Å². The van der Waals surface area contributed by atoms with E-state index in [4.69, 9.17) is 4.74 Å². The van der Waals surface area contributed by atoms with Crippen LogP contribution in [0.5, 0.6) is 5.75 Å². The first-order valence-corrected chi connectivity index (χ1v) is 9.37. The number of hydrogen-bond donors (Lipinski definition) is 1. The predicted molar refractivity (Wildman–Crippen MR) is 115 cm³/mol. The van der Waals surface area contributed by atoms with Crippen molar-refractivity contribution in [2.75, 3.05) is 6.61 Å². The summed E-state index contributed by atoms with van der Waals surface area (Å²) < 4.78 is 5.64. The van der Waals surface area contributed by atoms with E-state index in [0.717, 1.165) is 16.5 Å². The SMILES string of the molecule is Cc1cc(C(C)(C)C)ccc1OCC(=O)N/N=C\c1ccc2ccccc2c1. The molecular weight excluding hydrogens is 348 g/mol. The van der Waals surface area contributed by atoms with Gasteiger partial charge in [0.1, 0.15) is 5.75 Å². The Morgan fingerprint density at radius 1 is 1.04 bits per heavy atom. The lowest BCUT2D eigenvalue weighted by molar-refractivity contribution is -0.123. The fourth-order valence-electron chi connectivity index (χ4n) is 2.92. The van der Waals surface area contributed by atoms with Crippen LogP contribution in [-0.2, 0) is 10.2 Å². The number of hydrazone groups is 1. The molecule has 3 aromatic rings. The van der Waals surface area contributed by atoms with Gasteiger partial charge in [0, 0.05) is 0 Å². The van der Waals surface area contributed by atoms with Gasteiger partial charge in [-0.05, 0) is 51.9 Å². The second-order valence-corrected chi connectivity index (χ2v) is 7.92. The molecule has 0 aliphatic rings. The van der Waals surface area contributed by atoms with E-state index in [2.05, 4.69) is 43.4 Å². The number of carbonyl (C=O) groups is 1. The highest BCUT2D eigenvalue weighted by Gasteiger charge is 2.15. The van der Waals surface area contributed by atoms with Crippen molar-refractivity contribution in [3.63, 3.8) is 0 Å². The van der Waals surface area contributed by atoms with Crippen LogP contribution in [0.4, 0.5) is 0 Å². The summed E-state index contributed by atoms with van der Waals surface area (Å²) in [5.41, 5.74) is 5.77. The van der Waals surface area contributed by atoms with Gasteiger partial charge in [-0.15, -0.1) is 0 Å². The zero-order valence-electron chi connectivity index (χ0n) is 16.8. The summed E-state index contributed by atoms with van der Waals surface area (Å²) >= 11 is 0. The van der Waals surface area contributed by atoms with E-state index >= 15 is 0 Å². The fraction of sp³-hybridized carbons (Fsp3) is 0.250. The van der Waals surface area contributed by atoms with Crippen LogP contribution in [0.25, 0.3) is 10.8 Å². The highest BCUT2D eigenvalue weighted by molar-refractivity contribution is 5.90. The molecule has 4 heteroatoms. The molecule has 0 spiro atoms. The maximum Gasteiger partial charge on any atom is 0.277 e. The zero-order valence-corrected chi connectivity index (χ0v) is 16.8. The van der Waals surface area contributed by atoms with Crippen molar-refractivity contribution in [2.45, 2.75) is 33.1 Å². The van der Waals surface area contributed by atoms with Crippen molar-refractivity contribution >= 4 is 22.9 Å². The summed E-state index contributed by atoms with van der Waals surface area (Å²) in [5, 5.41) is 6.33. The molecule has 0 heterocycles. The molecule has 0 unspecified atom stereocenters. The third kappa shape index (κ3) is 4.97. The van der Waals surface area contributed by atoms with Crippen molar-refractivity contribution in [3.05, 3.63) is 77.4 Å². The third-order valence-corrected chi connectivity index (χ3v) is 4.58. The quantitative estimate of drug-likeness (QED) is 0.506. The van der Waals surface area contributed by atoms with Gasteiger partial charge in [0.15, 0.2) is 6.61 Å². The Morgan fingerprint density at radius 3 is 2.50 bits per heavy atom. The molecule has 1 N–H and O–H groups in total. The number of carbonyl (C=O) groups excluding carboxylic acids is 1. The largest absolute Gasteiger partial charge is 0.483 e. The number of benzene rings is 3. The Bertz CT molecular complexity index is 1020. The maximum absolute atomic E-state index is 12.0. The topological polar surface area (TPSA) is 50.7 Å². The summed E-state index contributed by atoms with van der Waals surface area (Å²) in [6.07, 6.45) is 1.63. The summed E-state index contributed by atoms with van der Waals surface area (Å²) in [6.45, 7) is 8.42. The fourth-order valence-corrected chi connectivity index (χ4v) is 2.92. The number of amides is 1. The van der Waals surface area contributed by atoms with E-state index < -0.39 is 0 Å². The lowest BCUT2D eigenvalue weighted by Gasteiger charge is -2.20. The molecule has 0 fully saturated rings. The number of hydrogen-bond acceptors (Lipinski definition) is 3. The van der Waals surface area contributed by atoms with E-state index in [1.54, 1.807) is 6.21 Å². The minimum absolute atomic E-state index is 0.0786. The number of nitrogens with zero attached hydrogens (tertiary/aromatic N) is 1. The van der Waals surface area contributed by atoms with Crippen LogP contribution >= 0.6 is 0 Å². The lowest BCUT2D eigenvalue weighted by atomic mass is 9.86. The Hall–Kier alpha value is -3.14. The molecule has 1 amide bonds. The van der Waals surface area contributed by atoms with E-state index in [1.165, 1.54) is 10.9 Å². The van der Waals surface area contributed by atoms with Gasteiger partial charge in [-0.25, -0.2) is 5.43 Å². The molecule has 144 valence electrons. The maximum atomic E-state index is 12.0.